The second kappa shape index (κ2) is 4.78. The highest BCUT2D eigenvalue weighted by Gasteiger charge is 2.32. The Hall–Kier alpha value is -2.10. The summed E-state index contributed by atoms with van der Waals surface area (Å²) in [5, 5.41) is 3.15. The molecule has 0 fully saturated rings. The third-order valence-electron chi connectivity index (χ3n) is 3.35. The third-order valence-corrected chi connectivity index (χ3v) is 3.35. The van der Waals surface area contributed by atoms with Crippen LogP contribution in [0.25, 0.3) is 6.08 Å². The molecule has 0 aliphatic heterocycles. The minimum absolute atomic E-state index is 0.178. The average Bonchev–Trinajstić information content (AvgIpc) is 2.77. The number of hydrogen-bond donors (Lipinski definition) is 1. The third kappa shape index (κ3) is 2.33. The molecule has 4 heteroatoms. The van der Waals surface area contributed by atoms with Crippen LogP contribution in [0.3, 0.4) is 0 Å². The van der Waals surface area contributed by atoms with E-state index in [0.29, 0.717) is 11.3 Å². The molecule has 0 unspecified atom stereocenters. The molecular weight excluding hydrogens is 254 g/mol. The lowest BCUT2D eigenvalue weighted by molar-refractivity contribution is 0.300. The summed E-state index contributed by atoms with van der Waals surface area (Å²) in [6.45, 7) is 11.6. The maximum atomic E-state index is 11.7. The van der Waals surface area contributed by atoms with Gasteiger partial charge in [-0.3, -0.25) is 9.59 Å². The molecule has 4 nitrogen and oxygen atoms in total. The lowest BCUT2D eigenvalue weighted by atomic mass is 9.84. The molecule has 0 radical (unpaired) electrons. The van der Waals surface area contributed by atoms with Gasteiger partial charge in [0, 0.05) is 0 Å². The quantitative estimate of drug-likeness (QED) is 0.870. The summed E-state index contributed by atoms with van der Waals surface area (Å²) in [6.07, 6.45) is 1.42. The summed E-state index contributed by atoms with van der Waals surface area (Å²) in [5.41, 5.74) is -0.461. The Morgan fingerprint density at radius 3 is 2.35 bits per heavy atom. The van der Waals surface area contributed by atoms with Gasteiger partial charge < -0.3 is 9.73 Å². The van der Waals surface area contributed by atoms with Crippen LogP contribution in [0.4, 0.5) is 5.69 Å². The van der Waals surface area contributed by atoms with Crippen LogP contribution in [0.1, 0.15) is 43.9 Å². The largest absolute Gasteiger partial charge is 0.464 e. The van der Waals surface area contributed by atoms with Gasteiger partial charge in [0.15, 0.2) is 0 Å². The first-order valence-electron chi connectivity index (χ1n) is 6.54. The van der Waals surface area contributed by atoms with Crippen LogP contribution in [0.5, 0.6) is 0 Å². The fourth-order valence-corrected chi connectivity index (χ4v) is 2.21. The van der Waals surface area contributed by atoms with Crippen LogP contribution in [-0.4, -0.2) is 0 Å². The van der Waals surface area contributed by atoms with Crippen molar-refractivity contribution < 1.29 is 4.42 Å². The van der Waals surface area contributed by atoms with Crippen molar-refractivity contribution in [1.29, 1.82) is 0 Å². The van der Waals surface area contributed by atoms with Crippen molar-refractivity contribution in [1.82, 2.24) is 0 Å². The first-order valence-corrected chi connectivity index (χ1v) is 6.54. The number of hydrogen-bond acceptors (Lipinski definition) is 4. The molecule has 106 valence electrons. The fraction of sp³-hybridized carbons (Fsp3) is 0.375. The zero-order chi connectivity index (χ0) is 15.1. The number of furan rings is 1. The first-order chi connectivity index (χ1) is 9.25. The van der Waals surface area contributed by atoms with Crippen LogP contribution >= 0.6 is 0 Å². The number of nitrogens with one attached hydrogen (secondary N) is 1. The molecule has 0 spiro atoms. The molecule has 0 amide bonds. The van der Waals surface area contributed by atoms with Gasteiger partial charge in [-0.05, 0) is 24.5 Å². The van der Waals surface area contributed by atoms with Gasteiger partial charge >= 0.3 is 0 Å². The molecule has 2 aromatic rings. The topological polar surface area (TPSA) is 59.3 Å². The molecule has 2 rings (SSSR count). The SMILES string of the molecule is C=Cc1c(N[C@@H](c2ccc(C)o2)C(C)(C)C)c(=O)c1=O. The second-order valence-electron chi connectivity index (χ2n) is 6.04. The molecule has 20 heavy (non-hydrogen) atoms. The van der Waals surface area contributed by atoms with Crippen molar-refractivity contribution in [2.75, 3.05) is 5.32 Å². The molecule has 1 atom stereocenters. The molecule has 0 aliphatic rings. The van der Waals surface area contributed by atoms with Crippen molar-refractivity contribution in [3.8, 4) is 0 Å². The summed E-state index contributed by atoms with van der Waals surface area (Å²) in [4.78, 5) is 23.1. The van der Waals surface area contributed by atoms with Crippen LogP contribution < -0.4 is 16.2 Å². The van der Waals surface area contributed by atoms with Crippen LogP contribution in [0.15, 0.2) is 32.7 Å². The molecule has 1 aromatic carbocycles. The molecular formula is C16H19NO3. The van der Waals surface area contributed by atoms with Gasteiger partial charge in [0.05, 0.1) is 17.3 Å². The Bertz CT molecular complexity index is 709. The lowest BCUT2D eigenvalue weighted by Gasteiger charge is -2.31. The Morgan fingerprint density at radius 2 is 1.90 bits per heavy atom. The summed E-state index contributed by atoms with van der Waals surface area (Å²) in [7, 11) is 0. The van der Waals surface area contributed by atoms with Gasteiger partial charge in [0.25, 0.3) is 0 Å². The smallest absolute Gasteiger partial charge is 0.250 e. The van der Waals surface area contributed by atoms with E-state index in [2.05, 4.69) is 11.9 Å². The van der Waals surface area contributed by atoms with Gasteiger partial charge in [-0.25, -0.2) is 0 Å². The van der Waals surface area contributed by atoms with Crippen LogP contribution in [-0.2, 0) is 0 Å². The van der Waals surface area contributed by atoms with Crippen LogP contribution in [0, 0.1) is 12.3 Å². The first kappa shape index (κ1) is 14.3. The van der Waals surface area contributed by atoms with E-state index in [-0.39, 0.29) is 11.5 Å². The maximum absolute atomic E-state index is 11.7. The summed E-state index contributed by atoms with van der Waals surface area (Å²) < 4.78 is 5.67. The number of aryl methyl sites for hydroxylation is 1. The standard InChI is InChI=1S/C16H19NO3/c1-6-10-12(14(19)13(10)18)17-15(16(3,4)5)11-8-7-9(2)20-11/h6-8,15,17H,1H2,2-5H3/t15-/m0/s1. The normalized spacial score (nSPS) is 13.4. The zero-order valence-electron chi connectivity index (χ0n) is 12.2. The van der Waals surface area contributed by atoms with E-state index in [1.54, 1.807) is 0 Å². The Labute approximate surface area is 117 Å². The van der Waals surface area contributed by atoms with Crippen molar-refractivity contribution in [3.63, 3.8) is 0 Å². The molecule has 1 aromatic heterocycles. The van der Waals surface area contributed by atoms with Crippen LogP contribution in [0.2, 0.25) is 0 Å². The molecule has 1 heterocycles. The fourth-order valence-electron chi connectivity index (χ4n) is 2.21. The van der Waals surface area contributed by atoms with Gasteiger partial charge in [0.1, 0.15) is 11.5 Å². The van der Waals surface area contributed by atoms with E-state index >= 15 is 0 Å². The summed E-state index contributed by atoms with van der Waals surface area (Å²) in [6, 6.07) is 3.57. The van der Waals surface area contributed by atoms with Gasteiger partial charge in [-0.1, -0.05) is 33.4 Å². The van der Waals surface area contributed by atoms with E-state index in [4.69, 9.17) is 4.42 Å². The van der Waals surface area contributed by atoms with E-state index in [1.807, 2.05) is 39.8 Å². The average molecular weight is 273 g/mol. The lowest BCUT2D eigenvalue weighted by Crippen LogP contribution is -2.39. The highest BCUT2D eigenvalue weighted by Crippen LogP contribution is 2.36. The van der Waals surface area contributed by atoms with Crippen molar-refractivity contribution >= 4 is 11.8 Å². The van der Waals surface area contributed by atoms with E-state index in [0.717, 1.165) is 11.5 Å². The number of rotatable bonds is 4. The summed E-state index contributed by atoms with van der Waals surface area (Å²) >= 11 is 0. The molecule has 0 saturated heterocycles. The maximum Gasteiger partial charge on any atom is 0.250 e. The highest BCUT2D eigenvalue weighted by atomic mass is 16.3. The predicted molar refractivity (Wildman–Crippen MR) is 80.7 cm³/mol. The zero-order valence-corrected chi connectivity index (χ0v) is 12.2. The predicted octanol–water partition coefficient (Wildman–Crippen LogP) is 3.03. The molecule has 0 aliphatic carbocycles. The van der Waals surface area contributed by atoms with Crippen molar-refractivity contribution in [3.05, 3.63) is 56.2 Å². The van der Waals surface area contributed by atoms with E-state index < -0.39 is 10.9 Å². The number of anilines is 1. The van der Waals surface area contributed by atoms with Crippen molar-refractivity contribution in [2.24, 2.45) is 5.41 Å². The Balaban J connectivity index is 2.40. The van der Waals surface area contributed by atoms with Crippen molar-refractivity contribution in [2.45, 2.75) is 33.7 Å². The van der Waals surface area contributed by atoms with E-state index in [1.165, 1.54) is 6.08 Å². The van der Waals surface area contributed by atoms with Gasteiger partial charge in [-0.2, -0.15) is 0 Å². The Kier molecular flexibility index (Phi) is 3.42. The molecule has 0 saturated carbocycles. The van der Waals surface area contributed by atoms with Gasteiger partial charge in [0.2, 0.25) is 10.9 Å². The second-order valence-corrected chi connectivity index (χ2v) is 6.04. The molecule has 1 N–H and O–H groups in total. The van der Waals surface area contributed by atoms with E-state index in [9.17, 15) is 9.59 Å². The minimum atomic E-state index is -0.488. The summed E-state index contributed by atoms with van der Waals surface area (Å²) in [5.74, 6) is 1.56. The van der Waals surface area contributed by atoms with Gasteiger partial charge in [-0.15, -0.1) is 0 Å². The Morgan fingerprint density at radius 1 is 1.25 bits per heavy atom. The highest BCUT2D eigenvalue weighted by molar-refractivity contribution is 5.70. The monoisotopic (exact) mass is 273 g/mol. The minimum Gasteiger partial charge on any atom is -0.464 e. The molecule has 0 bridgehead atoms.